The first-order chi connectivity index (χ1) is 6.24. The summed E-state index contributed by atoms with van der Waals surface area (Å²) in [5.41, 5.74) is 0. The summed E-state index contributed by atoms with van der Waals surface area (Å²) in [4.78, 5) is 1.13. The molecule has 0 N–H and O–H groups in total. The molecule has 0 radical (unpaired) electrons. The van der Waals surface area contributed by atoms with Gasteiger partial charge in [-0.2, -0.15) is 0 Å². The normalized spacial score (nSPS) is 11.0. The number of rotatable bonds is 1. The lowest BCUT2D eigenvalue weighted by Crippen LogP contribution is -1.73. The standard InChI is InChI=1S/C9H6BrClS2/c1-12-7-3-2-6-8(9(7)11)5(10)4-13-6/h2-4H,1H3. The summed E-state index contributed by atoms with van der Waals surface area (Å²) in [5.74, 6) is 0. The van der Waals surface area contributed by atoms with Crippen LogP contribution in [0.1, 0.15) is 0 Å². The van der Waals surface area contributed by atoms with Crippen LogP contribution < -0.4 is 0 Å². The average Bonchev–Trinajstić information content (AvgIpc) is 2.49. The highest BCUT2D eigenvalue weighted by Crippen LogP contribution is 2.39. The summed E-state index contributed by atoms with van der Waals surface area (Å²) in [6.45, 7) is 0. The molecular formula is C9H6BrClS2. The third-order valence-electron chi connectivity index (χ3n) is 1.82. The first kappa shape index (κ1) is 9.84. The van der Waals surface area contributed by atoms with Gasteiger partial charge in [0.15, 0.2) is 0 Å². The molecule has 0 spiro atoms. The van der Waals surface area contributed by atoms with E-state index in [4.69, 9.17) is 11.6 Å². The van der Waals surface area contributed by atoms with Gasteiger partial charge in [0.1, 0.15) is 0 Å². The van der Waals surface area contributed by atoms with Crippen LogP contribution in [0.3, 0.4) is 0 Å². The van der Waals surface area contributed by atoms with Crippen LogP contribution in [0.25, 0.3) is 10.1 Å². The van der Waals surface area contributed by atoms with Crippen LogP contribution in [0.4, 0.5) is 0 Å². The molecule has 0 aliphatic carbocycles. The lowest BCUT2D eigenvalue weighted by Gasteiger charge is -2.01. The summed E-state index contributed by atoms with van der Waals surface area (Å²) in [7, 11) is 0. The smallest absolute Gasteiger partial charge is 0.0639 e. The van der Waals surface area contributed by atoms with Crippen molar-refractivity contribution in [2.24, 2.45) is 0 Å². The van der Waals surface area contributed by atoms with E-state index >= 15 is 0 Å². The Bertz CT molecular complexity index is 450. The molecule has 0 fully saturated rings. The van der Waals surface area contributed by atoms with E-state index in [-0.39, 0.29) is 0 Å². The van der Waals surface area contributed by atoms with Gasteiger partial charge in [0, 0.05) is 24.8 Å². The van der Waals surface area contributed by atoms with Crippen molar-refractivity contribution in [1.82, 2.24) is 0 Å². The molecule has 1 aromatic heterocycles. The molecule has 0 saturated heterocycles. The molecule has 2 rings (SSSR count). The summed E-state index contributed by atoms with van der Waals surface area (Å²) in [5, 5.41) is 4.07. The number of hydrogen-bond donors (Lipinski definition) is 0. The zero-order valence-corrected chi connectivity index (χ0v) is 10.8. The van der Waals surface area contributed by atoms with Gasteiger partial charge < -0.3 is 0 Å². The molecule has 13 heavy (non-hydrogen) atoms. The minimum Gasteiger partial charge on any atom is -0.143 e. The number of benzene rings is 1. The predicted octanol–water partition coefficient (Wildman–Crippen LogP) is 5.04. The van der Waals surface area contributed by atoms with Crippen molar-refractivity contribution in [3.8, 4) is 0 Å². The number of thioether (sulfide) groups is 1. The summed E-state index contributed by atoms with van der Waals surface area (Å²) in [6.07, 6.45) is 2.04. The van der Waals surface area contributed by atoms with E-state index in [1.165, 1.54) is 4.70 Å². The molecule has 2 aromatic rings. The minimum absolute atomic E-state index is 0.859. The topological polar surface area (TPSA) is 0 Å². The highest BCUT2D eigenvalue weighted by atomic mass is 79.9. The van der Waals surface area contributed by atoms with E-state index in [1.54, 1.807) is 23.1 Å². The molecule has 0 amide bonds. The van der Waals surface area contributed by atoms with Gasteiger partial charge in [-0.25, -0.2) is 0 Å². The summed E-state index contributed by atoms with van der Waals surface area (Å²) < 4.78 is 2.32. The van der Waals surface area contributed by atoms with Crippen molar-refractivity contribution in [3.63, 3.8) is 0 Å². The molecule has 0 nitrogen and oxygen atoms in total. The Hall–Kier alpha value is 0.300. The summed E-state index contributed by atoms with van der Waals surface area (Å²) >= 11 is 13.1. The monoisotopic (exact) mass is 292 g/mol. The van der Waals surface area contributed by atoms with Crippen LogP contribution in [0.15, 0.2) is 26.9 Å². The summed E-state index contributed by atoms with van der Waals surface area (Å²) in [6, 6.07) is 4.18. The van der Waals surface area contributed by atoms with Gasteiger partial charge in [-0.05, 0) is 34.3 Å². The van der Waals surface area contributed by atoms with Crippen molar-refractivity contribution in [3.05, 3.63) is 27.0 Å². The van der Waals surface area contributed by atoms with Gasteiger partial charge in [-0.15, -0.1) is 23.1 Å². The van der Waals surface area contributed by atoms with Gasteiger partial charge >= 0.3 is 0 Å². The predicted molar refractivity (Wildman–Crippen MR) is 66.3 cm³/mol. The van der Waals surface area contributed by atoms with Crippen molar-refractivity contribution < 1.29 is 0 Å². The van der Waals surface area contributed by atoms with Crippen LogP contribution in [0.2, 0.25) is 5.02 Å². The Balaban J connectivity index is 2.83. The average molecular weight is 294 g/mol. The fourth-order valence-electron chi connectivity index (χ4n) is 1.19. The molecule has 1 aromatic carbocycles. The maximum Gasteiger partial charge on any atom is 0.0639 e. The SMILES string of the molecule is CSc1ccc2scc(Br)c2c1Cl. The molecule has 0 aliphatic rings. The first-order valence-electron chi connectivity index (χ1n) is 3.63. The van der Waals surface area contributed by atoms with E-state index in [9.17, 15) is 0 Å². The second kappa shape index (κ2) is 3.81. The quantitative estimate of drug-likeness (QED) is 0.664. The third-order valence-corrected chi connectivity index (χ3v) is 4.98. The van der Waals surface area contributed by atoms with Gasteiger partial charge in [0.2, 0.25) is 0 Å². The van der Waals surface area contributed by atoms with Crippen molar-refractivity contribution in [1.29, 1.82) is 0 Å². The minimum atomic E-state index is 0.859. The Morgan fingerprint density at radius 3 is 2.92 bits per heavy atom. The van der Waals surface area contributed by atoms with Crippen molar-refractivity contribution in [2.75, 3.05) is 6.26 Å². The first-order valence-corrected chi connectivity index (χ1v) is 6.90. The highest BCUT2D eigenvalue weighted by molar-refractivity contribution is 9.10. The van der Waals surface area contributed by atoms with E-state index in [1.807, 2.05) is 6.26 Å². The number of halogens is 2. The zero-order valence-electron chi connectivity index (χ0n) is 6.80. The molecule has 68 valence electrons. The van der Waals surface area contributed by atoms with E-state index in [2.05, 4.69) is 33.4 Å². The van der Waals surface area contributed by atoms with Crippen LogP contribution in [-0.4, -0.2) is 6.26 Å². The van der Waals surface area contributed by atoms with Crippen LogP contribution in [-0.2, 0) is 0 Å². The fraction of sp³-hybridized carbons (Fsp3) is 0.111. The van der Waals surface area contributed by atoms with E-state index < -0.39 is 0 Å². The molecule has 1 heterocycles. The largest absolute Gasteiger partial charge is 0.143 e. The van der Waals surface area contributed by atoms with Gasteiger partial charge in [-0.3, -0.25) is 0 Å². The Morgan fingerprint density at radius 1 is 1.46 bits per heavy atom. The maximum atomic E-state index is 6.24. The zero-order chi connectivity index (χ0) is 9.42. The van der Waals surface area contributed by atoms with Gasteiger partial charge in [-0.1, -0.05) is 11.6 Å². The van der Waals surface area contributed by atoms with Crippen molar-refractivity contribution in [2.45, 2.75) is 4.90 Å². The molecule has 4 heteroatoms. The fourth-order valence-corrected chi connectivity index (χ4v) is 3.99. The van der Waals surface area contributed by atoms with E-state index in [0.29, 0.717) is 0 Å². The molecule has 0 atom stereocenters. The Kier molecular flexibility index (Phi) is 2.88. The van der Waals surface area contributed by atoms with Gasteiger partial charge in [0.25, 0.3) is 0 Å². The third kappa shape index (κ3) is 1.63. The van der Waals surface area contributed by atoms with Gasteiger partial charge in [0.05, 0.1) is 5.02 Å². The second-order valence-electron chi connectivity index (χ2n) is 2.54. The van der Waals surface area contributed by atoms with E-state index in [0.717, 1.165) is 19.8 Å². The molecule has 0 bridgehead atoms. The number of hydrogen-bond acceptors (Lipinski definition) is 2. The lowest BCUT2D eigenvalue weighted by atomic mass is 10.3. The number of fused-ring (bicyclic) bond motifs is 1. The van der Waals surface area contributed by atoms with Crippen LogP contribution in [0.5, 0.6) is 0 Å². The Labute approximate surface area is 98.4 Å². The molecule has 0 aliphatic heterocycles. The maximum absolute atomic E-state index is 6.24. The Morgan fingerprint density at radius 2 is 2.23 bits per heavy atom. The highest BCUT2D eigenvalue weighted by Gasteiger charge is 2.09. The van der Waals surface area contributed by atoms with Crippen LogP contribution >= 0.6 is 50.6 Å². The lowest BCUT2D eigenvalue weighted by molar-refractivity contribution is 1.52. The van der Waals surface area contributed by atoms with Crippen LogP contribution in [0, 0.1) is 0 Å². The molecular weight excluding hydrogens is 288 g/mol. The number of thiophene rings is 1. The molecule has 0 saturated carbocycles. The van der Waals surface area contributed by atoms with Crippen molar-refractivity contribution >= 4 is 60.7 Å². The second-order valence-corrected chi connectivity index (χ2v) is 5.53. The molecule has 0 unspecified atom stereocenters.